The Hall–Kier alpha value is -4.34. The van der Waals surface area contributed by atoms with E-state index < -0.39 is 0 Å². The quantitative estimate of drug-likeness (QED) is 0.214. The fourth-order valence-corrected chi connectivity index (χ4v) is 3.39. The van der Waals surface area contributed by atoms with E-state index in [9.17, 15) is 14.9 Å². The number of aromatic nitrogens is 1. The highest BCUT2D eigenvalue weighted by atomic mass is 35.5. The van der Waals surface area contributed by atoms with Crippen molar-refractivity contribution in [3.05, 3.63) is 101 Å². The lowest BCUT2D eigenvalue weighted by Crippen LogP contribution is -2.20. The maximum Gasteiger partial charge on any atom is 0.262 e. The Morgan fingerprint density at radius 3 is 2.48 bits per heavy atom. The van der Waals surface area contributed by atoms with Crippen LogP contribution >= 0.6 is 11.6 Å². The van der Waals surface area contributed by atoms with Crippen molar-refractivity contribution in [2.24, 2.45) is 0 Å². The maximum atomic E-state index is 12.9. The number of halogens is 1. The summed E-state index contributed by atoms with van der Waals surface area (Å²) >= 11 is 5.83. The highest BCUT2D eigenvalue weighted by molar-refractivity contribution is 6.30. The van der Waals surface area contributed by atoms with Crippen LogP contribution in [0.1, 0.15) is 15.9 Å². The van der Waals surface area contributed by atoms with Crippen molar-refractivity contribution in [3.8, 4) is 11.8 Å². The Morgan fingerprint density at radius 2 is 1.76 bits per heavy atom. The number of nitrogens with zero attached hydrogens (tertiary/aromatic N) is 1. The predicted octanol–water partition coefficient (Wildman–Crippen LogP) is 5.63. The van der Waals surface area contributed by atoms with Crippen LogP contribution in [0.2, 0.25) is 5.02 Å². The molecule has 1 heterocycles. The highest BCUT2D eigenvalue weighted by Crippen LogP contribution is 2.22. The molecular formula is C26H18ClN3O3. The number of nitriles is 1. The van der Waals surface area contributed by atoms with Gasteiger partial charge in [0.05, 0.1) is 0 Å². The molecule has 0 atom stereocenters. The van der Waals surface area contributed by atoms with Crippen molar-refractivity contribution in [3.63, 3.8) is 0 Å². The van der Waals surface area contributed by atoms with E-state index in [1.165, 1.54) is 6.08 Å². The zero-order valence-electron chi connectivity index (χ0n) is 17.3. The lowest BCUT2D eigenvalue weighted by atomic mass is 10.0. The molecular weight excluding hydrogens is 438 g/mol. The largest absolute Gasteiger partial charge is 0.484 e. The second-order valence-electron chi connectivity index (χ2n) is 7.16. The Labute approximate surface area is 195 Å². The normalized spacial score (nSPS) is 11.1. The summed E-state index contributed by atoms with van der Waals surface area (Å²) in [5, 5.41) is 13.6. The van der Waals surface area contributed by atoms with Crippen LogP contribution in [-0.4, -0.2) is 23.3 Å². The van der Waals surface area contributed by atoms with Gasteiger partial charge in [0.25, 0.3) is 5.91 Å². The summed E-state index contributed by atoms with van der Waals surface area (Å²) in [6, 6.07) is 23.0. The number of hydrogen-bond acceptors (Lipinski definition) is 4. The van der Waals surface area contributed by atoms with E-state index in [0.29, 0.717) is 27.6 Å². The van der Waals surface area contributed by atoms with Crippen LogP contribution in [0.25, 0.3) is 17.0 Å². The van der Waals surface area contributed by atoms with E-state index in [1.54, 1.807) is 54.7 Å². The molecule has 0 saturated heterocycles. The van der Waals surface area contributed by atoms with Gasteiger partial charge in [-0.3, -0.25) is 9.59 Å². The molecule has 1 amide bonds. The Kier molecular flexibility index (Phi) is 6.53. The van der Waals surface area contributed by atoms with Crippen molar-refractivity contribution in [1.29, 1.82) is 5.26 Å². The number of benzene rings is 3. The summed E-state index contributed by atoms with van der Waals surface area (Å²) in [6.45, 7) is -0.166. The average Bonchev–Trinajstić information content (AvgIpc) is 3.27. The van der Waals surface area contributed by atoms with Crippen molar-refractivity contribution >= 4 is 46.0 Å². The second-order valence-corrected chi connectivity index (χ2v) is 7.60. The summed E-state index contributed by atoms with van der Waals surface area (Å²) in [6.07, 6.45) is 3.14. The number of Topliss-reactive ketones (excluding diaryl/α,β-unsaturated/α-hetero) is 1. The van der Waals surface area contributed by atoms with Crippen LogP contribution in [0, 0.1) is 11.3 Å². The predicted molar refractivity (Wildman–Crippen MR) is 128 cm³/mol. The molecule has 6 nitrogen and oxygen atoms in total. The fraction of sp³-hybridized carbons (Fsp3) is 0.0385. The minimum atomic E-state index is -0.353. The molecule has 7 heteroatoms. The molecule has 0 unspecified atom stereocenters. The first kappa shape index (κ1) is 21.9. The molecule has 2 N–H and O–H groups in total. The number of H-pyrrole nitrogens is 1. The molecule has 4 rings (SSSR count). The van der Waals surface area contributed by atoms with Crippen molar-refractivity contribution in [2.75, 3.05) is 11.9 Å². The third-order valence-corrected chi connectivity index (χ3v) is 5.14. The third kappa shape index (κ3) is 5.29. The highest BCUT2D eigenvalue weighted by Gasteiger charge is 2.16. The van der Waals surface area contributed by atoms with Crippen LogP contribution in [0.4, 0.5) is 5.69 Å². The van der Waals surface area contributed by atoms with Crippen molar-refractivity contribution in [2.45, 2.75) is 0 Å². The van der Waals surface area contributed by atoms with Gasteiger partial charge in [-0.2, -0.15) is 5.26 Å². The monoisotopic (exact) mass is 455 g/mol. The van der Waals surface area contributed by atoms with Crippen LogP contribution < -0.4 is 10.1 Å². The number of ether oxygens (including phenoxy) is 1. The van der Waals surface area contributed by atoms with Gasteiger partial charge >= 0.3 is 0 Å². The number of amides is 1. The van der Waals surface area contributed by atoms with E-state index in [0.717, 1.165) is 10.9 Å². The van der Waals surface area contributed by atoms with Crippen molar-refractivity contribution < 1.29 is 14.3 Å². The van der Waals surface area contributed by atoms with Crippen molar-refractivity contribution in [1.82, 2.24) is 4.98 Å². The van der Waals surface area contributed by atoms with E-state index >= 15 is 0 Å². The van der Waals surface area contributed by atoms with Gasteiger partial charge in [-0.25, -0.2) is 0 Å². The number of ketones is 1. The van der Waals surface area contributed by atoms with Crippen LogP contribution in [-0.2, 0) is 4.79 Å². The molecule has 0 aliphatic heterocycles. The third-order valence-electron chi connectivity index (χ3n) is 4.89. The van der Waals surface area contributed by atoms with Gasteiger partial charge in [-0.1, -0.05) is 41.9 Å². The zero-order valence-corrected chi connectivity index (χ0v) is 18.1. The molecule has 0 aliphatic carbocycles. The minimum Gasteiger partial charge on any atom is -0.484 e. The molecule has 0 aliphatic rings. The number of nitrogens with one attached hydrogen (secondary N) is 2. The summed E-state index contributed by atoms with van der Waals surface area (Å²) in [4.78, 5) is 28.0. The van der Waals surface area contributed by atoms with Crippen LogP contribution in [0.15, 0.2) is 84.6 Å². The van der Waals surface area contributed by atoms with Crippen LogP contribution in [0.5, 0.6) is 5.75 Å². The van der Waals surface area contributed by atoms with Gasteiger partial charge in [0.15, 0.2) is 6.61 Å². The summed E-state index contributed by atoms with van der Waals surface area (Å²) in [7, 11) is 0. The molecule has 0 radical (unpaired) electrons. The molecule has 0 fully saturated rings. The molecule has 162 valence electrons. The molecule has 0 saturated carbocycles. The minimum absolute atomic E-state index is 0.0239. The number of aromatic amines is 1. The lowest BCUT2D eigenvalue weighted by molar-refractivity contribution is -0.118. The van der Waals surface area contributed by atoms with E-state index in [-0.39, 0.29) is 23.9 Å². The summed E-state index contributed by atoms with van der Waals surface area (Å²) in [5.74, 6) is -0.175. The maximum absolute atomic E-state index is 12.9. The van der Waals surface area contributed by atoms with Crippen LogP contribution in [0.3, 0.4) is 0 Å². The van der Waals surface area contributed by atoms with Gasteiger partial charge in [0.2, 0.25) is 5.78 Å². The number of rotatable bonds is 7. The lowest BCUT2D eigenvalue weighted by Gasteiger charge is -2.08. The van der Waals surface area contributed by atoms with Gasteiger partial charge in [0.1, 0.15) is 17.4 Å². The number of allylic oxidation sites excluding steroid dienone is 1. The Morgan fingerprint density at radius 1 is 1.03 bits per heavy atom. The molecule has 0 bridgehead atoms. The number of fused-ring (bicyclic) bond motifs is 1. The molecule has 0 spiro atoms. The number of carbonyl (C=O) groups is 2. The second kappa shape index (κ2) is 9.86. The molecule has 3 aromatic carbocycles. The number of para-hydroxylation sites is 1. The zero-order chi connectivity index (χ0) is 23.2. The summed E-state index contributed by atoms with van der Waals surface area (Å²) in [5.41, 5.74) is 2.59. The Bertz CT molecular complexity index is 1380. The van der Waals surface area contributed by atoms with Gasteiger partial charge < -0.3 is 15.0 Å². The summed E-state index contributed by atoms with van der Waals surface area (Å²) < 4.78 is 5.51. The van der Waals surface area contributed by atoms with Gasteiger partial charge in [-0.05, 0) is 54.1 Å². The Balaban J connectivity index is 1.40. The fourth-order valence-electron chi connectivity index (χ4n) is 3.26. The van der Waals surface area contributed by atoms with Gasteiger partial charge in [0, 0.05) is 33.4 Å². The first-order valence-corrected chi connectivity index (χ1v) is 10.4. The number of hydrogen-bond donors (Lipinski definition) is 2. The number of carbonyl (C=O) groups excluding carboxylic acids is 2. The van der Waals surface area contributed by atoms with E-state index in [2.05, 4.69) is 10.3 Å². The topological polar surface area (TPSA) is 95.0 Å². The smallest absolute Gasteiger partial charge is 0.262 e. The molecule has 4 aromatic rings. The van der Waals surface area contributed by atoms with E-state index in [1.807, 2.05) is 30.3 Å². The standard InChI is InChI=1S/C26H18ClN3O3/c27-19-7-9-20(10-8-19)30-25(31)16-33-21-11-5-17(6-12-21)13-18(14-28)26(32)23-15-29-24-4-2-1-3-22(23)24/h1-13,15,29H,16H2,(H,30,31)/b18-13+. The molecule has 33 heavy (non-hydrogen) atoms. The van der Waals surface area contributed by atoms with Gasteiger partial charge in [-0.15, -0.1) is 0 Å². The average molecular weight is 456 g/mol. The van der Waals surface area contributed by atoms with E-state index in [4.69, 9.17) is 16.3 Å². The number of anilines is 1. The first-order chi connectivity index (χ1) is 16.0. The SMILES string of the molecule is N#C/C(=C\c1ccc(OCC(=O)Nc2ccc(Cl)cc2)cc1)C(=O)c1c[nH]c2ccccc12. The first-order valence-electron chi connectivity index (χ1n) is 10.0. The molecule has 1 aromatic heterocycles.